The van der Waals surface area contributed by atoms with Crippen LogP contribution < -0.4 is 10.2 Å². The van der Waals surface area contributed by atoms with Crippen LogP contribution in [0.15, 0.2) is 47.6 Å². The number of benzene rings is 1. The van der Waals surface area contributed by atoms with Crippen LogP contribution in [0, 0.1) is 0 Å². The number of ether oxygens (including phenoxy) is 1. The van der Waals surface area contributed by atoms with Crippen LogP contribution in [-0.4, -0.2) is 47.2 Å². The molecule has 1 aliphatic heterocycles. The van der Waals surface area contributed by atoms with Gasteiger partial charge in [0.15, 0.2) is 0 Å². The summed E-state index contributed by atoms with van der Waals surface area (Å²) in [6.07, 6.45) is 1.51. The lowest BCUT2D eigenvalue weighted by molar-refractivity contribution is 0.0731. The van der Waals surface area contributed by atoms with Crippen molar-refractivity contribution in [2.24, 2.45) is 0 Å². The van der Waals surface area contributed by atoms with Crippen LogP contribution in [0.3, 0.4) is 0 Å². The van der Waals surface area contributed by atoms with Gasteiger partial charge in [-0.15, -0.1) is 0 Å². The van der Waals surface area contributed by atoms with Gasteiger partial charge in [0.1, 0.15) is 10.6 Å². The van der Waals surface area contributed by atoms with Crippen molar-refractivity contribution in [3.8, 4) is 0 Å². The van der Waals surface area contributed by atoms with Gasteiger partial charge in [-0.05, 0) is 72.0 Å². The molecule has 0 bridgehead atoms. The number of nitrogens with zero attached hydrogens (tertiary/aromatic N) is 2. The number of hydrogen-bond acceptors (Lipinski definition) is 6. The quantitative estimate of drug-likeness (QED) is 0.554. The second-order valence-electron chi connectivity index (χ2n) is 7.86. The highest BCUT2D eigenvalue weighted by Gasteiger charge is 2.46. The number of carbonyl (C=O) groups is 2. The molecule has 162 valence electrons. The first-order valence-corrected chi connectivity index (χ1v) is 13.4. The van der Waals surface area contributed by atoms with Crippen molar-refractivity contribution in [3.05, 3.63) is 53.2 Å². The van der Waals surface area contributed by atoms with Crippen LogP contribution in [0.25, 0.3) is 0 Å². The van der Waals surface area contributed by atoms with Gasteiger partial charge in [0.2, 0.25) is 5.12 Å². The lowest BCUT2D eigenvalue weighted by atomic mass is 10.2. The highest BCUT2D eigenvalue weighted by Crippen LogP contribution is 2.67. The zero-order valence-corrected chi connectivity index (χ0v) is 20.3. The van der Waals surface area contributed by atoms with Gasteiger partial charge in [-0.2, -0.15) is 0 Å². The molecule has 1 N–H and O–H groups in total. The Morgan fingerprint density at radius 2 is 1.80 bits per heavy atom. The summed E-state index contributed by atoms with van der Waals surface area (Å²) >= 11 is 9.79. The number of halogens is 2. The van der Waals surface area contributed by atoms with Gasteiger partial charge in [0, 0.05) is 52.1 Å². The minimum absolute atomic E-state index is 0.192. The van der Waals surface area contributed by atoms with Gasteiger partial charge in [0.05, 0.1) is 5.02 Å². The predicted molar refractivity (Wildman–Crippen MR) is 126 cm³/mol. The molecule has 0 radical (unpaired) electrons. The van der Waals surface area contributed by atoms with Gasteiger partial charge in [-0.3, -0.25) is 4.79 Å². The van der Waals surface area contributed by atoms with Gasteiger partial charge >= 0.3 is 5.30 Å². The first-order chi connectivity index (χ1) is 14.1. The molecule has 1 aromatic carbocycles. The standard InChI is InChI=1S/C21H25BrClN3O3S/c1-21(2,3)29-20(28)30(22,18-17(23)5-4-10-25-18)19(27)15-6-8-16(9-7-15)26-13-11-24-12-14-26/h4-10,24H,11-14H2,1-3H3. The van der Waals surface area contributed by atoms with E-state index in [1.54, 1.807) is 45.0 Å². The molecule has 1 atom stereocenters. The Labute approximate surface area is 190 Å². The number of carbonyl (C=O) groups excluding carboxylic acids is 2. The van der Waals surface area contributed by atoms with E-state index in [0.717, 1.165) is 31.9 Å². The second-order valence-corrected chi connectivity index (χ2v) is 13.4. The normalized spacial score (nSPS) is 17.7. The lowest BCUT2D eigenvalue weighted by Gasteiger charge is -2.32. The summed E-state index contributed by atoms with van der Waals surface area (Å²) in [5.41, 5.74) is 0.668. The van der Waals surface area contributed by atoms with E-state index in [0.29, 0.717) is 5.56 Å². The van der Waals surface area contributed by atoms with Gasteiger partial charge in [0.25, 0.3) is 0 Å². The third kappa shape index (κ3) is 4.99. The highest BCUT2D eigenvalue weighted by atomic mass is 79.9. The number of aromatic nitrogens is 1. The molecule has 2 heterocycles. The van der Waals surface area contributed by atoms with E-state index in [1.165, 1.54) is 6.20 Å². The van der Waals surface area contributed by atoms with E-state index in [1.807, 2.05) is 12.1 Å². The Hall–Kier alpha value is -1.61. The average molecular weight is 515 g/mol. The molecule has 0 spiro atoms. The number of nitrogens with one attached hydrogen (secondary N) is 1. The van der Waals surface area contributed by atoms with E-state index in [-0.39, 0.29) is 10.0 Å². The number of anilines is 1. The first kappa shape index (κ1) is 23.1. The molecule has 0 amide bonds. The maximum atomic E-state index is 13.6. The molecule has 3 rings (SSSR count). The van der Waals surface area contributed by atoms with Crippen molar-refractivity contribution in [2.45, 2.75) is 31.4 Å². The molecular weight excluding hydrogens is 490 g/mol. The Bertz CT molecular complexity index is 930. The van der Waals surface area contributed by atoms with Crippen molar-refractivity contribution in [2.75, 3.05) is 31.1 Å². The molecule has 1 aliphatic rings. The topological polar surface area (TPSA) is 71.5 Å². The minimum Gasteiger partial charge on any atom is -0.452 e. The van der Waals surface area contributed by atoms with Crippen LogP contribution in [0.2, 0.25) is 5.02 Å². The molecule has 1 aromatic heterocycles. The average Bonchev–Trinajstić information content (AvgIpc) is 2.72. The number of hydrogen-bond donors (Lipinski definition) is 1. The summed E-state index contributed by atoms with van der Waals surface area (Å²) in [5.74, 6) is 0. The molecule has 1 saturated heterocycles. The number of pyridine rings is 1. The summed E-state index contributed by atoms with van der Waals surface area (Å²) < 4.78 is 5.59. The fourth-order valence-electron chi connectivity index (χ4n) is 3.02. The van der Waals surface area contributed by atoms with Gasteiger partial charge in [-0.25, -0.2) is 9.78 Å². The van der Waals surface area contributed by atoms with Crippen LogP contribution in [0.1, 0.15) is 31.1 Å². The zero-order chi connectivity index (χ0) is 21.9. The molecule has 9 heteroatoms. The van der Waals surface area contributed by atoms with Crippen LogP contribution >= 0.6 is 34.9 Å². The SMILES string of the molecule is CC(C)(C)OC(=O)S(Br)(C(=O)c1ccc(N2CCNCC2)cc1)c1ncccc1Cl. The first-order valence-electron chi connectivity index (χ1n) is 9.59. The third-order valence-electron chi connectivity index (χ3n) is 4.45. The smallest absolute Gasteiger partial charge is 0.372 e. The molecule has 30 heavy (non-hydrogen) atoms. The summed E-state index contributed by atoms with van der Waals surface area (Å²) in [4.78, 5) is 33.3. The Morgan fingerprint density at radius 3 is 2.37 bits per heavy atom. The van der Waals surface area contributed by atoms with E-state index in [9.17, 15) is 9.59 Å². The fourth-order valence-corrected chi connectivity index (χ4v) is 7.16. The summed E-state index contributed by atoms with van der Waals surface area (Å²) in [7, 11) is -2.98. The maximum Gasteiger partial charge on any atom is 0.372 e. The highest BCUT2D eigenvalue weighted by molar-refractivity contribution is 9.63. The van der Waals surface area contributed by atoms with Crippen molar-refractivity contribution in [1.29, 1.82) is 0 Å². The van der Waals surface area contributed by atoms with Gasteiger partial charge in [-0.1, -0.05) is 11.6 Å². The molecular formula is C21H25BrClN3O3S. The van der Waals surface area contributed by atoms with Crippen LogP contribution in [0.4, 0.5) is 10.5 Å². The van der Waals surface area contributed by atoms with Crippen molar-refractivity contribution in [3.63, 3.8) is 0 Å². The van der Waals surface area contributed by atoms with E-state index in [2.05, 4.69) is 30.0 Å². The third-order valence-corrected chi connectivity index (χ3v) is 9.61. The van der Waals surface area contributed by atoms with Gasteiger partial charge < -0.3 is 15.0 Å². The Morgan fingerprint density at radius 1 is 1.17 bits per heavy atom. The molecule has 2 aromatic rings. The van der Waals surface area contributed by atoms with Crippen molar-refractivity contribution >= 4 is 51.0 Å². The zero-order valence-electron chi connectivity index (χ0n) is 17.2. The summed E-state index contributed by atoms with van der Waals surface area (Å²) in [6.45, 7) is 8.92. The Balaban J connectivity index is 1.98. The minimum atomic E-state index is -2.98. The number of piperazine rings is 1. The summed E-state index contributed by atoms with van der Waals surface area (Å²) in [6, 6.07) is 10.5. The van der Waals surface area contributed by atoms with E-state index < -0.39 is 24.5 Å². The molecule has 0 saturated carbocycles. The largest absolute Gasteiger partial charge is 0.452 e. The number of rotatable bonds is 3. The lowest BCUT2D eigenvalue weighted by Crippen LogP contribution is -2.43. The van der Waals surface area contributed by atoms with E-state index >= 15 is 0 Å². The Kier molecular flexibility index (Phi) is 7.12. The van der Waals surface area contributed by atoms with Crippen LogP contribution in [-0.2, 0) is 4.74 Å². The van der Waals surface area contributed by atoms with Crippen molar-refractivity contribution in [1.82, 2.24) is 10.3 Å². The molecule has 1 unspecified atom stereocenters. The second kappa shape index (κ2) is 9.26. The monoisotopic (exact) mass is 513 g/mol. The maximum absolute atomic E-state index is 13.6. The fraction of sp³-hybridized carbons (Fsp3) is 0.381. The van der Waals surface area contributed by atoms with Crippen LogP contribution in [0.5, 0.6) is 0 Å². The van der Waals surface area contributed by atoms with E-state index in [4.69, 9.17) is 16.3 Å². The predicted octanol–water partition coefficient (Wildman–Crippen LogP) is 5.39. The summed E-state index contributed by atoms with van der Waals surface area (Å²) in [5, 5.41) is 2.67. The van der Waals surface area contributed by atoms with Crippen molar-refractivity contribution < 1.29 is 14.3 Å². The molecule has 1 fully saturated rings. The molecule has 6 nitrogen and oxygen atoms in total. The molecule has 0 aliphatic carbocycles.